The third-order valence-electron chi connectivity index (χ3n) is 4.61. The van der Waals surface area contributed by atoms with Gasteiger partial charge in [-0.15, -0.1) is 0 Å². The number of benzene rings is 1. The highest BCUT2D eigenvalue weighted by atomic mass is 19.1. The number of hydrogen-bond donors (Lipinski definition) is 2. The Balaban J connectivity index is 1.96. The molecule has 7 heteroatoms. The first-order valence-corrected chi connectivity index (χ1v) is 8.43. The second-order valence-electron chi connectivity index (χ2n) is 6.23. The summed E-state index contributed by atoms with van der Waals surface area (Å²) in [6.07, 6.45) is 2.21. The molecule has 1 aliphatic heterocycles. The Labute approximate surface area is 151 Å². The summed E-state index contributed by atoms with van der Waals surface area (Å²) in [4.78, 5) is 3.72. The number of nitrogens with two attached hydrogens (primary N) is 1. The van der Waals surface area contributed by atoms with Crippen LogP contribution in [0.5, 0.6) is 5.75 Å². The van der Waals surface area contributed by atoms with Gasteiger partial charge in [-0.2, -0.15) is 4.39 Å². The Hall–Kier alpha value is -2.67. The lowest BCUT2D eigenvalue weighted by atomic mass is 9.81. The van der Waals surface area contributed by atoms with E-state index in [1.807, 2.05) is 18.2 Å². The quantitative estimate of drug-likeness (QED) is 0.470. The summed E-state index contributed by atoms with van der Waals surface area (Å²) in [7, 11) is 1.65. The fourth-order valence-corrected chi connectivity index (χ4v) is 3.26. The molecule has 0 aliphatic carbocycles. The molecule has 6 nitrogen and oxygen atoms in total. The first-order valence-electron chi connectivity index (χ1n) is 8.43. The lowest BCUT2D eigenvalue weighted by Crippen LogP contribution is -2.31. The van der Waals surface area contributed by atoms with Gasteiger partial charge in [0, 0.05) is 42.9 Å². The van der Waals surface area contributed by atoms with Crippen molar-refractivity contribution in [3.8, 4) is 16.9 Å². The van der Waals surface area contributed by atoms with Gasteiger partial charge in [0.25, 0.3) is 6.02 Å². The van der Waals surface area contributed by atoms with E-state index in [-0.39, 0.29) is 24.5 Å². The summed E-state index contributed by atoms with van der Waals surface area (Å²) in [6.45, 7) is 1.39. The highest BCUT2D eigenvalue weighted by molar-refractivity contribution is 5.68. The first kappa shape index (κ1) is 18.1. The monoisotopic (exact) mass is 359 g/mol. The van der Waals surface area contributed by atoms with Crippen molar-refractivity contribution < 1.29 is 18.6 Å². The molecule has 0 bridgehead atoms. The second kappa shape index (κ2) is 8.14. The molecule has 2 atom stereocenters. The second-order valence-corrected chi connectivity index (χ2v) is 6.23. The van der Waals surface area contributed by atoms with E-state index in [0.29, 0.717) is 18.8 Å². The van der Waals surface area contributed by atoms with Gasteiger partial charge < -0.3 is 19.9 Å². The van der Waals surface area contributed by atoms with Crippen LogP contribution in [0.3, 0.4) is 0 Å². The lowest BCUT2D eigenvalue weighted by Gasteiger charge is -2.33. The average molecular weight is 359 g/mol. The molecule has 0 spiro atoms. The van der Waals surface area contributed by atoms with Gasteiger partial charge >= 0.3 is 0 Å². The van der Waals surface area contributed by atoms with Crippen LogP contribution >= 0.6 is 0 Å². The normalized spacial score (nSPS) is 18.7. The van der Waals surface area contributed by atoms with Crippen molar-refractivity contribution in [3.63, 3.8) is 0 Å². The van der Waals surface area contributed by atoms with Crippen molar-refractivity contribution in [2.75, 3.05) is 26.9 Å². The van der Waals surface area contributed by atoms with E-state index in [9.17, 15) is 4.39 Å². The largest absolute Gasteiger partial charge is 0.493 e. The lowest BCUT2D eigenvalue weighted by molar-refractivity contribution is 0.108. The molecule has 1 aliphatic rings. The molecular weight excluding hydrogens is 337 g/mol. The van der Waals surface area contributed by atoms with Crippen LogP contribution in [0.1, 0.15) is 17.9 Å². The van der Waals surface area contributed by atoms with Crippen LogP contribution in [-0.4, -0.2) is 37.9 Å². The van der Waals surface area contributed by atoms with Gasteiger partial charge in [-0.3, -0.25) is 5.41 Å². The van der Waals surface area contributed by atoms with Crippen molar-refractivity contribution >= 4 is 6.02 Å². The predicted molar refractivity (Wildman–Crippen MR) is 95.7 cm³/mol. The van der Waals surface area contributed by atoms with E-state index in [0.717, 1.165) is 23.3 Å². The smallest absolute Gasteiger partial charge is 0.279 e. The molecule has 0 amide bonds. The molecule has 0 radical (unpaired) electrons. The summed E-state index contributed by atoms with van der Waals surface area (Å²) in [5, 5.41) is 7.35. The van der Waals surface area contributed by atoms with Crippen LogP contribution in [-0.2, 0) is 9.47 Å². The highest BCUT2D eigenvalue weighted by Crippen LogP contribution is 2.41. The molecule has 2 heterocycles. The number of rotatable bonds is 6. The van der Waals surface area contributed by atoms with Crippen LogP contribution in [0.4, 0.5) is 4.39 Å². The number of aromatic nitrogens is 1. The van der Waals surface area contributed by atoms with Gasteiger partial charge in [-0.1, -0.05) is 6.07 Å². The zero-order valence-electron chi connectivity index (χ0n) is 14.6. The number of fused-ring (bicyclic) bond motifs is 1. The van der Waals surface area contributed by atoms with Gasteiger partial charge in [0.1, 0.15) is 5.75 Å². The zero-order valence-corrected chi connectivity index (χ0v) is 14.6. The summed E-state index contributed by atoms with van der Waals surface area (Å²) in [5.74, 6) is 0.341. The van der Waals surface area contributed by atoms with E-state index in [1.165, 1.54) is 6.20 Å². The van der Waals surface area contributed by atoms with Crippen LogP contribution in [0, 0.1) is 17.3 Å². The Morgan fingerprint density at radius 1 is 1.42 bits per heavy atom. The Morgan fingerprint density at radius 3 is 3.00 bits per heavy atom. The van der Waals surface area contributed by atoms with Gasteiger partial charge in [0.2, 0.25) is 5.95 Å². The SMILES string of the molecule is COCCC1COc2ccc(-c3cccnc3F)cc2C1COC(=N)N. The maximum atomic E-state index is 14.1. The fraction of sp³-hybridized carbons (Fsp3) is 0.368. The molecule has 0 saturated heterocycles. The average Bonchev–Trinajstić information content (AvgIpc) is 2.64. The molecule has 2 unspecified atom stereocenters. The zero-order chi connectivity index (χ0) is 18.5. The maximum Gasteiger partial charge on any atom is 0.279 e. The van der Waals surface area contributed by atoms with Crippen LogP contribution in [0.2, 0.25) is 0 Å². The molecule has 3 N–H and O–H groups in total. The van der Waals surface area contributed by atoms with E-state index < -0.39 is 5.95 Å². The molecule has 138 valence electrons. The maximum absolute atomic E-state index is 14.1. The molecule has 3 rings (SSSR count). The summed E-state index contributed by atoms with van der Waals surface area (Å²) >= 11 is 0. The van der Waals surface area contributed by atoms with Crippen molar-refractivity contribution in [2.24, 2.45) is 11.7 Å². The highest BCUT2D eigenvalue weighted by Gasteiger charge is 2.32. The van der Waals surface area contributed by atoms with E-state index in [4.69, 9.17) is 25.4 Å². The number of nitrogens with zero attached hydrogens (tertiary/aromatic N) is 1. The number of nitrogens with one attached hydrogen (secondary N) is 1. The molecule has 1 aromatic heterocycles. The third-order valence-corrected chi connectivity index (χ3v) is 4.61. The molecule has 26 heavy (non-hydrogen) atoms. The molecule has 2 aromatic rings. The number of ether oxygens (including phenoxy) is 3. The number of amidine groups is 1. The van der Waals surface area contributed by atoms with Crippen molar-refractivity contribution in [3.05, 3.63) is 48.0 Å². The Bertz CT molecular complexity index is 784. The van der Waals surface area contributed by atoms with E-state index >= 15 is 0 Å². The standard InChI is InChI=1S/C19H22FN3O3/c1-24-8-6-13-10-25-17-5-4-12(14-3-2-7-23-18(14)20)9-15(17)16(13)11-26-19(21)22/h2-5,7,9,13,16H,6,8,10-11H2,1H3,(H3,21,22). The topological polar surface area (TPSA) is 90.5 Å². The Morgan fingerprint density at radius 2 is 2.27 bits per heavy atom. The number of methoxy groups -OCH3 is 1. The summed E-state index contributed by atoms with van der Waals surface area (Å²) < 4.78 is 30.4. The van der Waals surface area contributed by atoms with Gasteiger partial charge in [-0.05, 0) is 36.2 Å². The van der Waals surface area contributed by atoms with Gasteiger partial charge in [-0.25, -0.2) is 4.98 Å². The summed E-state index contributed by atoms with van der Waals surface area (Å²) in [5.41, 5.74) is 7.43. The van der Waals surface area contributed by atoms with Crippen LogP contribution in [0.15, 0.2) is 36.5 Å². The first-order chi connectivity index (χ1) is 12.6. The molecule has 1 aromatic carbocycles. The van der Waals surface area contributed by atoms with Gasteiger partial charge in [0.05, 0.1) is 13.2 Å². The van der Waals surface area contributed by atoms with Crippen molar-refractivity contribution in [1.82, 2.24) is 4.98 Å². The van der Waals surface area contributed by atoms with Crippen molar-refractivity contribution in [1.29, 1.82) is 5.41 Å². The van der Waals surface area contributed by atoms with Gasteiger partial charge in [0.15, 0.2) is 0 Å². The summed E-state index contributed by atoms with van der Waals surface area (Å²) in [6, 6.07) is 8.63. The fourth-order valence-electron chi connectivity index (χ4n) is 3.26. The molecular formula is C19H22FN3O3. The minimum atomic E-state index is -0.517. The molecule has 0 saturated carbocycles. The number of hydrogen-bond acceptors (Lipinski definition) is 5. The number of pyridine rings is 1. The van der Waals surface area contributed by atoms with Crippen LogP contribution in [0.25, 0.3) is 11.1 Å². The molecule has 0 fully saturated rings. The minimum Gasteiger partial charge on any atom is -0.493 e. The van der Waals surface area contributed by atoms with Crippen molar-refractivity contribution in [2.45, 2.75) is 12.3 Å². The minimum absolute atomic E-state index is 0.0301. The number of halogens is 1. The van der Waals surface area contributed by atoms with E-state index in [2.05, 4.69) is 4.98 Å². The Kier molecular flexibility index (Phi) is 5.68. The third kappa shape index (κ3) is 3.94. The predicted octanol–water partition coefficient (Wildman–Crippen LogP) is 2.93. The van der Waals surface area contributed by atoms with Crippen LogP contribution < -0.4 is 10.5 Å². The van der Waals surface area contributed by atoms with E-state index in [1.54, 1.807) is 19.2 Å².